The zero-order valence-corrected chi connectivity index (χ0v) is 19.5. The lowest BCUT2D eigenvalue weighted by molar-refractivity contribution is -0.119. The maximum Gasteiger partial charge on any atom is 0.407 e. The smallest absolute Gasteiger partial charge is 0.407 e. The molecule has 1 heterocycles. The minimum Gasteiger partial charge on any atom is -0.492 e. The first-order valence-corrected chi connectivity index (χ1v) is 12.2. The molecule has 0 radical (unpaired) electrons. The highest BCUT2D eigenvalue weighted by Gasteiger charge is 2.30. The van der Waals surface area contributed by atoms with Gasteiger partial charge in [-0.2, -0.15) is 4.31 Å². The first-order chi connectivity index (χ1) is 14.7. The van der Waals surface area contributed by atoms with Gasteiger partial charge in [-0.25, -0.2) is 13.2 Å². The van der Waals surface area contributed by atoms with Gasteiger partial charge in [0.25, 0.3) is 0 Å². The van der Waals surface area contributed by atoms with Crippen molar-refractivity contribution in [1.82, 2.24) is 9.62 Å². The summed E-state index contributed by atoms with van der Waals surface area (Å²) in [6, 6.07) is 3.70. The number of rotatable bonds is 9. The molecule has 0 aromatic heterocycles. The third kappa shape index (κ3) is 6.57. The molecule has 0 aliphatic carbocycles. The maximum atomic E-state index is 13.2. The van der Waals surface area contributed by atoms with Gasteiger partial charge in [-0.05, 0) is 50.8 Å². The van der Waals surface area contributed by atoms with Gasteiger partial charge in [0, 0.05) is 18.8 Å². The molecule has 0 spiro atoms. The van der Waals surface area contributed by atoms with E-state index in [2.05, 4.69) is 10.6 Å². The van der Waals surface area contributed by atoms with Gasteiger partial charge in [0.05, 0.1) is 13.2 Å². The first kappa shape index (κ1) is 24.9. The molecule has 1 saturated heterocycles. The number of ether oxygens (including phenoxy) is 2. The largest absolute Gasteiger partial charge is 0.492 e. The highest BCUT2D eigenvalue weighted by atomic mass is 32.2. The van der Waals surface area contributed by atoms with E-state index in [1.165, 1.54) is 10.4 Å². The summed E-state index contributed by atoms with van der Waals surface area (Å²) in [5, 5.41) is 5.25. The third-order valence-corrected chi connectivity index (χ3v) is 6.86. The standard InChI is InChI=1S/C21H33N3O6S/c1-5-29-17-11-10-16(14-18(17)31(27,28)24-12-8-7-9-13-24)22-20(25)19(15(3)4)23-21(26)30-6-2/h10-11,14-15,19H,5-9,12-13H2,1-4H3,(H,22,25)(H,23,26). The number of carbonyl (C=O) groups is 2. The molecule has 0 bridgehead atoms. The Morgan fingerprint density at radius 3 is 2.35 bits per heavy atom. The Balaban J connectivity index is 2.29. The summed E-state index contributed by atoms with van der Waals surface area (Å²) >= 11 is 0. The van der Waals surface area contributed by atoms with E-state index in [-0.39, 0.29) is 23.2 Å². The van der Waals surface area contributed by atoms with Crippen molar-refractivity contribution >= 4 is 27.7 Å². The van der Waals surface area contributed by atoms with Crippen molar-refractivity contribution in [3.05, 3.63) is 18.2 Å². The van der Waals surface area contributed by atoms with Crippen molar-refractivity contribution in [1.29, 1.82) is 0 Å². The van der Waals surface area contributed by atoms with E-state index >= 15 is 0 Å². The van der Waals surface area contributed by atoms with E-state index in [0.717, 1.165) is 19.3 Å². The molecule has 31 heavy (non-hydrogen) atoms. The Bertz CT molecular complexity index is 866. The van der Waals surface area contributed by atoms with Crippen LogP contribution in [0.2, 0.25) is 0 Å². The molecule has 1 aliphatic heterocycles. The lowest BCUT2D eigenvalue weighted by Gasteiger charge is -2.27. The van der Waals surface area contributed by atoms with E-state index in [0.29, 0.717) is 25.4 Å². The average Bonchev–Trinajstić information content (AvgIpc) is 2.73. The Morgan fingerprint density at radius 2 is 1.77 bits per heavy atom. The number of benzene rings is 1. The second kappa shape index (κ2) is 11.3. The first-order valence-electron chi connectivity index (χ1n) is 10.7. The van der Waals surface area contributed by atoms with Crippen LogP contribution in [-0.4, -0.2) is 57.1 Å². The molecule has 9 nitrogen and oxygen atoms in total. The predicted molar refractivity (Wildman–Crippen MR) is 118 cm³/mol. The maximum absolute atomic E-state index is 13.2. The number of nitrogens with zero attached hydrogens (tertiary/aromatic N) is 1. The lowest BCUT2D eigenvalue weighted by atomic mass is 10.0. The van der Waals surface area contributed by atoms with Crippen molar-refractivity contribution in [3.63, 3.8) is 0 Å². The Labute approximate surface area is 184 Å². The summed E-state index contributed by atoms with van der Waals surface area (Å²) in [7, 11) is -3.77. The molecule has 1 aliphatic rings. The molecule has 1 aromatic carbocycles. The second-order valence-electron chi connectivity index (χ2n) is 7.64. The van der Waals surface area contributed by atoms with Gasteiger partial charge < -0.3 is 20.1 Å². The summed E-state index contributed by atoms with van der Waals surface area (Å²) in [5.41, 5.74) is 0.306. The van der Waals surface area contributed by atoms with Gasteiger partial charge in [0.1, 0.15) is 16.7 Å². The van der Waals surface area contributed by atoms with Crippen molar-refractivity contribution < 1.29 is 27.5 Å². The fraction of sp³-hybridized carbons (Fsp3) is 0.619. The van der Waals surface area contributed by atoms with Crippen LogP contribution in [0.3, 0.4) is 0 Å². The predicted octanol–water partition coefficient (Wildman–Crippen LogP) is 2.97. The average molecular weight is 456 g/mol. The van der Waals surface area contributed by atoms with Crippen molar-refractivity contribution in [2.75, 3.05) is 31.6 Å². The number of sulfonamides is 1. The topological polar surface area (TPSA) is 114 Å². The van der Waals surface area contributed by atoms with Crippen molar-refractivity contribution in [2.24, 2.45) is 5.92 Å². The number of hydrogen-bond acceptors (Lipinski definition) is 6. The summed E-state index contributed by atoms with van der Waals surface area (Å²) in [6.07, 6.45) is 1.95. The zero-order valence-electron chi connectivity index (χ0n) is 18.6. The molecular weight excluding hydrogens is 422 g/mol. The van der Waals surface area contributed by atoms with E-state index in [1.54, 1.807) is 39.8 Å². The minimum atomic E-state index is -3.77. The van der Waals surface area contributed by atoms with E-state index in [9.17, 15) is 18.0 Å². The van der Waals surface area contributed by atoms with Crippen LogP contribution < -0.4 is 15.4 Å². The van der Waals surface area contributed by atoms with Crippen LogP contribution in [0.1, 0.15) is 47.0 Å². The number of piperidine rings is 1. The summed E-state index contributed by atoms with van der Waals surface area (Å²) < 4.78 is 38.4. The SMILES string of the molecule is CCOC(=O)NC(C(=O)Nc1ccc(OCC)c(S(=O)(=O)N2CCCCC2)c1)C(C)C. The second-order valence-corrected chi connectivity index (χ2v) is 9.54. The highest BCUT2D eigenvalue weighted by molar-refractivity contribution is 7.89. The fourth-order valence-corrected chi connectivity index (χ4v) is 5.04. The van der Waals surface area contributed by atoms with Crippen LogP contribution in [-0.2, 0) is 19.6 Å². The van der Waals surface area contributed by atoms with E-state index in [1.807, 2.05) is 0 Å². The lowest BCUT2D eigenvalue weighted by Crippen LogP contribution is -2.47. The number of hydrogen-bond donors (Lipinski definition) is 2. The molecule has 174 valence electrons. The van der Waals surface area contributed by atoms with Crippen LogP contribution in [0, 0.1) is 5.92 Å². The molecule has 2 N–H and O–H groups in total. The van der Waals surface area contributed by atoms with Crippen molar-refractivity contribution in [2.45, 2.75) is 57.9 Å². The molecule has 1 aromatic rings. The van der Waals surface area contributed by atoms with E-state index in [4.69, 9.17) is 9.47 Å². The van der Waals surface area contributed by atoms with Gasteiger partial charge in [-0.3, -0.25) is 4.79 Å². The quantitative estimate of drug-likeness (QED) is 0.592. The van der Waals surface area contributed by atoms with Crippen LogP contribution in [0.5, 0.6) is 5.75 Å². The monoisotopic (exact) mass is 455 g/mol. The third-order valence-electron chi connectivity index (χ3n) is 4.94. The number of anilines is 1. The molecule has 0 saturated carbocycles. The van der Waals surface area contributed by atoms with Gasteiger partial charge in [0.15, 0.2) is 0 Å². The van der Waals surface area contributed by atoms with Crippen LogP contribution in [0.4, 0.5) is 10.5 Å². The van der Waals surface area contributed by atoms with Crippen LogP contribution >= 0.6 is 0 Å². The number of nitrogens with one attached hydrogen (secondary N) is 2. The summed E-state index contributed by atoms with van der Waals surface area (Å²) in [5.74, 6) is -0.423. The molecule has 2 amide bonds. The van der Waals surface area contributed by atoms with Gasteiger partial charge in [-0.1, -0.05) is 20.3 Å². The summed E-state index contributed by atoms with van der Waals surface area (Å²) in [4.78, 5) is 24.6. The molecular formula is C21H33N3O6S. The number of alkyl carbamates (subject to hydrolysis) is 1. The Morgan fingerprint density at radius 1 is 1.10 bits per heavy atom. The van der Waals surface area contributed by atoms with E-state index < -0.39 is 28.1 Å². The minimum absolute atomic E-state index is 0.0218. The van der Waals surface area contributed by atoms with Gasteiger partial charge in [-0.15, -0.1) is 0 Å². The summed E-state index contributed by atoms with van der Waals surface area (Å²) in [6.45, 7) is 8.46. The molecule has 2 rings (SSSR count). The normalized spacial score (nSPS) is 15.9. The molecule has 10 heteroatoms. The molecule has 1 fully saturated rings. The van der Waals surface area contributed by atoms with Crippen molar-refractivity contribution in [3.8, 4) is 5.75 Å². The Kier molecular flexibility index (Phi) is 9.12. The van der Waals surface area contributed by atoms with Gasteiger partial charge >= 0.3 is 6.09 Å². The fourth-order valence-electron chi connectivity index (χ4n) is 3.36. The van der Waals surface area contributed by atoms with Crippen LogP contribution in [0.15, 0.2) is 23.1 Å². The molecule has 1 atom stereocenters. The number of carbonyl (C=O) groups excluding carboxylic acids is 2. The highest BCUT2D eigenvalue weighted by Crippen LogP contribution is 2.31. The van der Waals surface area contributed by atoms with Gasteiger partial charge in [0.2, 0.25) is 15.9 Å². The van der Waals surface area contributed by atoms with Crippen LogP contribution in [0.25, 0.3) is 0 Å². The Hall–Kier alpha value is -2.33. The number of amides is 2. The zero-order chi connectivity index (χ0) is 23.0. The molecule has 1 unspecified atom stereocenters.